The summed E-state index contributed by atoms with van der Waals surface area (Å²) >= 11 is 0. The first-order valence-corrected chi connectivity index (χ1v) is 8.53. The van der Waals surface area contributed by atoms with Gasteiger partial charge in [0.05, 0.1) is 0 Å². The van der Waals surface area contributed by atoms with E-state index in [2.05, 4.69) is 11.8 Å². The third-order valence-electron chi connectivity index (χ3n) is 6.72. The van der Waals surface area contributed by atoms with Crippen molar-refractivity contribution in [2.45, 2.75) is 63.8 Å². The standard InChI is InChI=1S/C17H30N2/c1-16(18)2-4-19(5-3-16)12-17-9-13-6-14(10-17)8-15(7-13)11-17/h13-15H,2-12,18H2,1H3. The van der Waals surface area contributed by atoms with Gasteiger partial charge in [0.2, 0.25) is 0 Å². The van der Waals surface area contributed by atoms with Crippen LogP contribution < -0.4 is 5.73 Å². The SMILES string of the molecule is CC1(N)CCN(CC23CC4CC(CC(C4)C2)C3)CC1. The molecule has 0 amide bonds. The number of hydrogen-bond acceptors (Lipinski definition) is 2. The van der Waals surface area contributed by atoms with E-state index in [-0.39, 0.29) is 5.54 Å². The Morgan fingerprint density at radius 3 is 1.89 bits per heavy atom. The van der Waals surface area contributed by atoms with Gasteiger partial charge in [-0.1, -0.05) is 0 Å². The summed E-state index contributed by atoms with van der Waals surface area (Å²) in [5.74, 6) is 3.28. The fourth-order valence-electron chi connectivity index (χ4n) is 6.18. The van der Waals surface area contributed by atoms with E-state index in [4.69, 9.17) is 5.73 Å². The van der Waals surface area contributed by atoms with Gasteiger partial charge in [-0.15, -0.1) is 0 Å². The molecule has 5 fully saturated rings. The number of nitrogens with two attached hydrogens (primary N) is 1. The second-order valence-electron chi connectivity index (χ2n) is 8.85. The molecule has 4 bridgehead atoms. The molecule has 2 heteroatoms. The van der Waals surface area contributed by atoms with Gasteiger partial charge >= 0.3 is 0 Å². The lowest BCUT2D eigenvalue weighted by molar-refractivity contribution is -0.0727. The van der Waals surface area contributed by atoms with Crippen LogP contribution in [-0.2, 0) is 0 Å². The molecule has 1 aliphatic heterocycles. The highest BCUT2D eigenvalue weighted by Crippen LogP contribution is 2.60. The minimum atomic E-state index is 0.109. The van der Waals surface area contributed by atoms with Crippen molar-refractivity contribution in [1.29, 1.82) is 0 Å². The molecule has 0 atom stereocenters. The zero-order valence-electron chi connectivity index (χ0n) is 12.5. The first-order valence-electron chi connectivity index (χ1n) is 8.53. The van der Waals surface area contributed by atoms with Gasteiger partial charge in [0.1, 0.15) is 0 Å². The molecule has 2 N–H and O–H groups in total. The van der Waals surface area contributed by atoms with Gasteiger partial charge in [0, 0.05) is 12.1 Å². The van der Waals surface area contributed by atoms with Gasteiger partial charge < -0.3 is 10.6 Å². The van der Waals surface area contributed by atoms with Crippen LogP contribution in [0.25, 0.3) is 0 Å². The molecule has 4 saturated carbocycles. The van der Waals surface area contributed by atoms with Crippen molar-refractivity contribution in [3.8, 4) is 0 Å². The van der Waals surface area contributed by atoms with Crippen molar-refractivity contribution in [3.63, 3.8) is 0 Å². The fraction of sp³-hybridized carbons (Fsp3) is 1.00. The molecule has 19 heavy (non-hydrogen) atoms. The van der Waals surface area contributed by atoms with E-state index < -0.39 is 0 Å². The molecule has 0 spiro atoms. The molecule has 1 heterocycles. The molecule has 1 saturated heterocycles. The Balaban J connectivity index is 1.43. The lowest BCUT2D eigenvalue weighted by Gasteiger charge is -2.58. The molecule has 0 aromatic carbocycles. The first kappa shape index (κ1) is 12.6. The van der Waals surface area contributed by atoms with Gasteiger partial charge in [-0.25, -0.2) is 0 Å². The van der Waals surface area contributed by atoms with Crippen LogP contribution in [0.2, 0.25) is 0 Å². The molecule has 0 aromatic heterocycles. The van der Waals surface area contributed by atoms with Crippen LogP contribution >= 0.6 is 0 Å². The molecule has 0 aromatic rings. The Morgan fingerprint density at radius 1 is 0.947 bits per heavy atom. The Kier molecular flexibility index (Phi) is 2.80. The largest absolute Gasteiger partial charge is 0.325 e. The average Bonchev–Trinajstić information content (AvgIpc) is 2.30. The van der Waals surface area contributed by atoms with E-state index in [9.17, 15) is 0 Å². The number of rotatable bonds is 2. The van der Waals surface area contributed by atoms with Crippen LogP contribution in [0.1, 0.15) is 58.3 Å². The maximum Gasteiger partial charge on any atom is 0.0150 e. The van der Waals surface area contributed by atoms with E-state index in [1.165, 1.54) is 32.5 Å². The summed E-state index contributed by atoms with van der Waals surface area (Å²) in [6, 6.07) is 0. The summed E-state index contributed by atoms with van der Waals surface area (Å²) < 4.78 is 0. The summed E-state index contributed by atoms with van der Waals surface area (Å²) in [6.07, 6.45) is 11.7. The monoisotopic (exact) mass is 262 g/mol. The smallest absolute Gasteiger partial charge is 0.0150 e. The third-order valence-corrected chi connectivity index (χ3v) is 6.72. The molecule has 108 valence electrons. The normalized spacial score (nSPS) is 48.6. The summed E-state index contributed by atoms with van der Waals surface area (Å²) in [6.45, 7) is 6.12. The van der Waals surface area contributed by atoms with Gasteiger partial charge in [-0.05, 0) is 94.5 Å². The lowest BCUT2D eigenvalue weighted by atomic mass is 9.49. The highest BCUT2D eigenvalue weighted by molar-refractivity contribution is 5.03. The van der Waals surface area contributed by atoms with Crippen LogP contribution in [0, 0.1) is 23.2 Å². The molecular weight excluding hydrogens is 232 g/mol. The predicted octanol–water partition coefficient (Wildman–Crippen LogP) is 3.02. The second-order valence-corrected chi connectivity index (χ2v) is 8.85. The molecule has 0 radical (unpaired) electrons. The van der Waals surface area contributed by atoms with E-state index in [0.717, 1.165) is 23.2 Å². The van der Waals surface area contributed by atoms with Gasteiger partial charge in [0.25, 0.3) is 0 Å². The first-order chi connectivity index (χ1) is 9.02. The van der Waals surface area contributed by atoms with E-state index in [1.54, 1.807) is 38.5 Å². The van der Waals surface area contributed by atoms with Crippen molar-refractivity contribution < 1.29 is 0 Å². The molecule has 0 unspecified atom stereocenters. The van der Waals surface area contributed by atoms with Crippen molar-refractivity contribution in [2.24, 2.45) is 28.9 Å². The van der Waals surface area contributed by atoms with E-state index >= 15 is 0 Å². The lowest BCUT2D eigenvalue weighted by Crippen LogP contribution is -2.54. The highest BCUT2D eigenvalue weighted by Gasteiger charge is 2.51. The van der Waals surface area contributed by atoms with Crippen LogP contribution in [0.15, 0.2) is 0 Å². The second kappa shape index (κ2) is 4.21. The predicted molar refractivity (Wildman–Crippen MR) is 78.9 cm³/mol. The number of piperidine rings is 1. The Morgan fingerprint density at radius 2 is 1.42 bits per heavy atom. The van der Waals surface area contributed by atoms with Gasteiger partial charge in [-0.2, -0.15) is 0 Å². The highest BCUT2D eigenvalue weighted by atomic mass is 15.1. The van der Waals surface area contributed by atoms with Crippen molar-refractivity contribution in [2.75, 3.05) is 19.6 Å². The van der Waals surface area contributed by atoms with Crippen molar-refractivity contribution in [3.05, 3.63) is 0 Å². The fourth-order valence-corrected chi connectivity index (χ4v) is 6.18. The topological polar surface area (TPSA) is 29.3 Å². The Bertz CT molecular complexity index is 315. The third kappa shape index (κ3) is 2.35. The van der Waals surface area contributed by atoms with E-state index in [1.807, 2.05) is 0 Å². The van der Waals surface area contributed by atoms with Gasteiger partial charge in [-0.3, -0.25) is 0 Å². The zero-order chi connectivity index (χ0) is 13.1. The summed E-state index contributed by atoms with van der Waals surface area (Å²) in [7, 11) is 0. The van der Waals surface area contributed by atoms with Crippen molar-refractivity contribution >= 4 is 0 Å². The number of nitrogens with zero attached hydrogens (tertiary/aromatic N) is 1. The van der Waals surface area contributed by atoms with Crippen LogP contribution in [-0.4, -0.2) is 30.1 Å². The summed E-state index contributed by atoms with van der Waals surface area (Å²) in [4.78, 5) is 2.75. The molecule has 2 nitrogen and oxygen atoms in total. The molecule has 4 aliphatic carbocycles. The van der Waals surface area contributed by atoms with E-state index in [0.29, 0.717) is 0 Å². The number of likely N-dealkylation sites (tertiary alicyclic amines) is 1. The summed E-state index contributed by atoms with van der Waals surface area (Å²) in [5, 5.41) is 0. The average molecular weight is 262 g/mol. The summed E-state index contributed by atoms with van der Waals surface area (Å²) in [5.41, 5.74) is 7.10. The molecular formula is C17H30N2. The molecule has 5 rings (SSSR count). The quantitative estimate of drug-likeness (QED) is 0.829. The minimum Gasteiger partial charge on any atom is -0.325 e. The maximum atomic E-state index is 6.27. The minimum absolute atomic E-state index is 0.109. The number of hydrogen-bond donors (Lipinski definition) is 1. The maximum absolute atomic E-state index is 6.27. The van der Waals surface area contributed by atoms with Crippen LogP contribution in [0.5, 0.6) is 0 Å². The Hall–Kier alpha value is -0.0800. The van der Waals surface area contributed by atoms with Crippen LogP contribution in [0.4, 0.5) is 0 Å². The zero-order valence-corrected chi connectivity index (χ0v) is 12.5. The van der Waals surface area contributed by atoms with Crippen LogP contribution in [0.3, 0.4) is 0 Å². The molecule has 5 aliphatic rings. The van der Waals surface area contributed by atoms with Gasteiger partial charge in [0.15, 0.2) is 0 Å². The Labute approximate surface area is 118 Å². The van der Waals surface area contributed by atoms with Crippen molar-refractivity contribution in [1.82, 2.24) is 4.90 Å².